The van der Waals surface area contributed by atoms with Crippen LogP contribution in [0, 0.1) is 0 Å². The molecule has 32 heavy (non-hydrogen) atoms. The Morgan fingerprint density at radius 3 is 2.09 bits per heavy atom. The quantitative estimate of drug-likeness (QED) is 0.497. The van der Waals surface area contributed by atoms with Crippen molar-refractivity contribution in [3.63, 3.8) is 0 Å². The molecule has 0 atom stereocenters. The number of nitrogens with one attached hydrogen (secondary N) is 1. The number of halogens is 1. The molecule has 166 valence electrons. The number of anilines is 1. The molecule has 3 rings (SSSR count). The number of methoxy groups -OCH3 is 2. The van der Waals surface area contributed by atoms with Gasteiger partial charge < -0.3 is 30.0 Å². The second kappa shape index (κ2) is 10.4. The number of para-hydroxylation sites is 3. The molecule has 3 aromatic carbocycles. The number of ether oxygens (including phenoxy) is 4. The largest absolute Gasteiger partial charge is 0.493 e. The number of carbonyl (C=O) groups is 2. The predicted molar refractivity (Wildman–Crippen MR) is 120 cm³/mol. The van der Waals surface area contributed by atoms with Gasteiger partial charge in [-0.1, -0.05) is 35.9 Å². The molecule has 0 aliphatic heterocycles. The minimum absolute atomic E-state index is 0.160. The van der Waals surface area contributed by atoms with Crippen molar-refractivity contribution in [1.82, 2.24) is 0 Å². The van der Waals surface area contributed by atoms with Crippen molar-refractivity contribution < 1.29 is 28.5 Å². The van der Waals surface area contributed by atoms with Crippen LogP contribution in [0.3, 0.4) is 0 Å². The fraction of sp³-hybridized carbons (Fsp3) is 0.130. The van der Waals surface area contributed by atoms with E-state index in [1.807, 2.05) is 0 Å². The summed E-state index contributed by atoms with van der Waals surface area (Å²) in [5.41, 5.74) is 5.80. The predicted octanol–water partition coefficient (Wildman–Crippen LogP) is 4.27. The van der Waals surface area contributed by atoms with Gasteiger partial charge in [0.15, 0.2) is 23.9 Å². The molecule has 9 heteroatoms. The molecule has 0 unspecified atom stereocenters. The molecule has 0 aliphatic carbocycles. The number of nitrogens with two attached hydrogens (primary N) is 1. The zero-order valence-corrected chi connectivity index (χ0v) is 18.1. The second-order valence-corrected chi connectivity index (χ2v) is 6.85. The van der Waals surface area contributed by atoms with Gasteiger partial charge in [-0.2, -0.15) is 0 Å². The number of primary amides is 1. The van der Waals surface area contributed by atoms with Gasteiger partial charge in [0.2, 0.25) is 5.75 Å². The van der Waals surface area contributed by atoms with Gasteiger partial charge in [0.25, 0.3) is 11.8 Å². The van der Waals surface area contributed by atoms with E-state index in [0.29, 0.717) is 22.2 Å². The Hall–Kier alpha value is -3.91. The summed E-state index contributed by atoms with van der Waals surface area (Å²) in [5, 5.41) is 3.25. The van der Waals surface area contributed by atoms with Crippen LogP contribution >= 0.6 is 11.6 Å². The van der Waals surface area contributed by atoms with Crippen LogP contribution in [0.5, 0.6) is 28.7 Å². The molecule has 8 nitrogen and oxygen atoms in total. The maximum atomic E-state index is 13.0. The minimum Gasteiger partial charge on any atom is -0.493 e. The molecule has 0 radical (unpaired) electrons. The Morgan fingerprint density at radius 1 is 0.906 bits per heavy atom. The monoisotopic (exact) mass is 456 g/mol. The van der Waals surface area contributed by atoms with Gasteiger partial charge in [-0.05, 0) is 36.4 Å². The van der Waals surface area contributed by atoms with E-state index in [1.165, 1.54) is 26.4 Å². The van der Waals surface area contributed by atoms with Crippen molar-refractivity contribution in [2.24, 2.45) is 5.73 Å². The molecule has 3 N–H and O–H groups in total. The molecular weight excluding hydrogens is 436 g/mol. The highest BCUT2D eigenvalue weighted by atomic mass is 35.5. The first-order valence-corrected chi connectivity index (χ1v) is 9.80. The van der Waals surface area contributed by atoms with E-state index in [-0.39, 0.29) is 29.4 Å². The standard InChI is InChI=1S/C23H21ClN2O6/c1-29-19-11-14(12-20(30-2)22(19)31-13-21(25)27)23(28)26-16-8-4-6-10-18(16)32-17-9-5-3-7-15(17)24/h3-12H,13H2,1-2H3,(H2,25,27)(H,26,28). The lowest BCUT2D eigenvalue weighted by atomic mass is 10.1. The number of benzene rings is 3. The van der Waals surface area contributed by atoms with E-state index in [1.54, 1.807) is 48.5 Å². The third-order valence-electron chi connectivity index (χ3n) is 4.27. The van der Waals surface area contributed by atoms with E-state index in [0.717, 1.165) is 0 Å². The van der Waals surface area contributed by atoms with E-state index < -0.39 is 11.8 Å². The highest BCUT2D eigenvalue weighted by Gasteiger charge is 2.19. The summed E-state index contributed by atoms with van der Waals surface area (Å²) in [6.07, 6.45) is 0. The molecule has 0 bridgehead atoms. The summed E-state index contributed by atoms with van der Waals surface area (Å²) >= 11 is 6.17. The van der Waals surface area contributed by atoms with Gasteiger partial charge >= 0.3 is 0 Å². The van der Waals surface area contributed by atoms with E-state index in [4.69, 9.17) is 36.3 Å². The van der Waals surface area contributed by atoms with Crippen LogP contribution in [0.15, 0.2) is 60.7 Å². The highest BCUT2D eigenvalue weighted by Crippen LogP contribution is 2.39. The number of amides is 2. The first kappa shape index (κ1) is 22.8. The fourth-order valence-corrected chi connectivity index (χ4v) is 2.97. The molecular formula is C23H21ClN2O6. The van der Waals surface area contributed by atoms with Crippen LogP contribution in [-0.4, -0.2) is 32.6 Å². The molecule has 0 aliphatic rings. The molecule has 0 aromatic heterocycles. The molecule has 0 saturated carbocycles. The topological polar surface area (TPSA) is 109 Å². The molecule has 2 amide bonds. The molecule has 0 fully saturated rings. The van der Waals surface area contributed by atoms with Crippen LogP contribution in [0.4, 0.5) is 5.69 Å². The summed E-state index contributed by atoms with van der Waals surface area (Å²) < 4.78 is 21.9. The highest BCUT2D eigenvalue weighted by molar-refractivity contribution is 6.32. The SMILES string of the molecule is COc1cc(C(=O)Nc2ccccc2Oc2ccccc2Cl)cc(OC)c1OCC(N)=O. The van der Waals surface area contributed by atoms with E-state index in [9.17, 15) is 9.59 Å². The fourth-order valence-electron chi connectivity index (χ4n) is 2.80. The molecule has 0 spiro atoms. The number of hydrogen-bond donors (Lipinski definition) is 2. The van der Waals surface area contributed by atoms with Gasteiger partial charge in [0.1, 0.15) is 5.75 Å². The summed E-state index contributed by atoms with van der Waals surface area (Å²) in [6.45, 7) is -0.370. The second-order valence-electron chi connectivity index (χ2n) is 6.45. The zero-order chi connectivity index (χ0) is 23.1. The summed E-state index contributed by atoms with van der Waals surface area (Å²) in [7, 11) is 2.81. The third-order valence-corrected chi connectivity index (χ3v) is 4.59. The summed E-state index contributed by atoms with van der Waals surface area (Å²) in [5.74, 6) is 0.328. The molecule has 0 saturated heterocycles. The maximum absolute atomic E-state index is 13.0. The van der Waals surface area contributed by atoms with Gasteiger partial charge in [-0.25, -0.2) is 0 Å². The lowest BCUT2D eigenvalue weighted by molar-refractivity contribution is -0.120. The van der Waals surface area contributed by atoms with Crippen molar-refractivity contribution >= 4 is 29.1 Å². The Labute approximate surface area is 189 Å². The molecule has 3 aromatic rings. The van der Waals surface area contributed by atoms with Crippen LogP contribution < -0.4 is 30.0 Å². The van der Waals surface area contributed by atoms with Crippen molar-refractivity contribution in [3.05, 3.63) is 71.2 Å². The van der Waals surface area contributed by atoms with Crippen molar-refractivity contribution in [2.75, 3.05) is 26.1 Å². The van der Waals surface area contributed by atoms with Crippen molar-refractivity contribution in [2.45, 2.75) is 0 Å². The van der Waals surface area contributed by atoms with Gasteiger partial charge in [0.05, 0.1) is 24.9 Å². The van der Waals surface area contributed by atoms with Crippen LogP contribution in [-0.2, 0) is 4.79 Å². The van der Waals surface area contributed by atoms with Crippen LogP contribution in [0.2, 0.25) is 5.02 Å². The van der Waals surface area contributed by atoms with E-state index in [2.05, 4.69) is 5.32 Å². The number of hydrogen-bond acceptors (Lipinski definition) is 6. The lowest BCUT2D eigenvalue weighted by Gasteiger charge is -2.16. The Morgan fingerprint density at radius 2 is 1.50 bits per heavy atom. The molecule has 0 heterocycles. The van der Waals surface area contributed by atoms with Gasteiger partial charge in [0, 0.05) is 5.56 Å². The smallest absolute Gasteiger partial charge is 0.256 e. The maximum Gasteiger partial charge on any atom is 0.256 e. The average molecular weight is 457 g/mol. The average Bonchev–Trinajstić information content (AvgIpc) is 2.79. The Kier molecular flexibility index (Phi) is 7.41. The first-order valence-electron chi connectivity index (χ1n) is 9.42. The minimum atomic E-state index is -0.661. The van der Waals surface area contributed by atoms with Crippen molar-refractivity contribution in [1.29, 1.82) is 0 Å². The lowest BCUT2D eigenvalue weighted by Crippen LogP contribution is -2.20. The summed E-state index contributed by atoms with van der Waals surface area (Å²) in [4.78, 5) is 24.0. The van der Waals surface area contributed by atoms with Crippen molar-refractivity contribution in [3.8, 4) is 28.7 Å². The first-order chi connectivity index (χ1) is 15.4. The number of rotatable bonds is 9. The zero-order valence-electron chi connectivity index (χ0n) is 17.4. The third kappa shape index (κ3) is 5.41. The number of carbonyl (C=O) groups excluding carboxylic acids is 2. The Bertz CT molecular complexity index is 1110. The van der Waals surface area contributed by atoms with E-state index >= 15 is 0 Å². The van der Waals surface area contributed by atoms with Gasteiger partial charge in [-0.3, -0.25) is 9.59 Å². The van der Waals surface area contributed by atoms with Crippen LogP contribution in [0.1, 0.15) is 10.4 Å². The normalized spacial score (nSPS) is 10.2. The Balaban J connectivity index is 1.88. The van der Waals surface area contributed by atoms with Gasteiger partial charge in [-0.15, -0.1) is 0 Å². The summed E-state index contributed by atoms with van der Waals surface area (Å²) in [6, 6.07) is 16.9. The van der Waals surface area contributed by atoms with Crippen LogP contribution in [0.25, 0.3) is 0 Å².